The number of primary sulfonamides is 1. The van der Waals surface area contributed by atoms with Gasteiger partial charge in [0.2, 0.25) is 10.0 Å². The lowest BCUT2D eigenvalue weighted by Crippen LogP contribution is -2.29. The van der Waals surface area contributed by atoms with Gasteiger partial charge in [-0.25, -0.2) is 13.6 Å². The standard InChI is InChI=1S/C14H13N3O5S/c15-23(21,22)12-7-3-10(4-8-12)17-14(20)13(19)16-9-1-5-11(18)6-2-9/h1-8,18H,(H,16,19)(H,17,20)(H2,15,21,22). The van der Waals surface area contributed by atoms with Crippen molar-refractivity contribution >= 4 is 33.2 Å². The predicted molar refractivity (Wildman–Crippen MR) is 83.2 cm³/mol. The molecule has 0 aliphatic carbocycles. The van der Waals surface area contributed by atoms with Crippen molar-refractivity contribution in [3.05, 3.63) is 48.5 Å². The van der Waals surface area contributed by atoms with Crippen LogP contribution in [-0.4, -0.2) is 25.3 Å². The summed E-state index contributed by atoms with van der Waals surface area (Å²) in [4.78, 5) is 23.4. The number of nitrogens with two attached hydrogens (primary N) is 1. The Balaban J connectivity index is 2.01. The highest BCUT2D eigenvalue weighted by Crippen LogP contribution is 2.15. The topological polar surface area (TPSA) is 139 Å². The quantitative estimate of drug-likeness (QED) is 0.481. The first-order valence-corrected chi connectivity index (χ1v) is 7.84. The molecule has 0 saturated heterocycles. The summed E-state index contributed by atoms with van der Waals surface area (Å²) in [6, 6.07) is 10.6. The minimum Gasteiger partial charge on any atom is -0.508 e. The Hall–Kier alpha value is -2.91. The number of carbonyl (C=O) groups excluding carboxylic acids is 2. The molecular formula is C14H13N3O5S. The van der Waals surface area contributed by atoms with Crippen LogP contribution >= 0.6 is 0 Å². The monoisotopic (exact) mass is 335 g/mol. The van der Waals surface area contributed by atoms with Crippen molar-refractivity contribution < 1.29 is 23.1 Å². The van der Waals surface area contributed by atoms with Crippen LogP contribution in [-0.2, 0) is 19.6 Å². The number of hydrogen-bond acceptors (Lipinski definition) is 5. The van der Waals surface area contributed by atoms with Crippen molar-refractivity contribution in [2.45, 2.75) is 4.90 Å². The first-order chi connectivity index (χ1) is 10.8. The van der Waals surface area contributed by atoms with E-state index in [1.807, 2.05) is 0 Å². The Labute approximate surface area is 132 Å². The molecule has 23 heavy (non-hydrogen) atoms. The van der Waals surface area contributed by atoms with E-state index in [-0.39, 0.29) is 16.3 Å². The number of aromatic hydroxyl groups is 1. The second-order valence-electron chi connectivity index (χ2n) is 4.52. The molecule has 0 bridgehead atoms. The maximum Gasteiger partial charge on any atom is 0.314 e. The van der Waals surface area contributed by atoms with Gasteiger partial charge in [-0.3, -0.25) is 9.59 Å². The molecule has 2 aromatic rings. The summed E-state index contributed by atoms with van der Waals surface area (Å²) >= 11 is 0. The molecule has 0 radical (unpaired) electrons. The first-order valence-electron chi connectivity index (χ1n) is 6.30. The molecule has 2 rings (SSSR count). The molecule has 0 atom stereocenters. The van der Waals surface area contributed by atoms with Gasteiger partial charge in [-0.1, -0.05) is 0 Å². The summed E-state index contributed by atoms with van der Waals surface area (Å²) < 4.78 is 22.2. The maximum atomic E-state index is 11.8. The Morgan fingerprint density at radius 2 is 1.22 bits per heavy atom. The molecule has 5 N–H and O–H groups in total. The van der Waals surface area contributed by atoms with E-state index in [9.17, 15) is 18.0 Å². The SMILES string of the molecule is NS(=O)(=O)c1ccc(NC(=O)C(=O)Nc2ccc(O)cc2)cc1. The van der Waals surface area contributed by atoms with Crippen LogP contribution in [0, 0.1) is 0 Å². The summed E-state index contributed by atoms with van der Waals surface area (Å²) in [5.41, 5.74) is 0.579. The van der Waals surface area contributed by atoms with Crippen molar-refractivity contribution in [1.29, 1.82) is 0 Å². The number of rotatable bonds is 3. The summed E-state index contributed by atoms with van der Waals surface area (Å²) in [5, 5.41) is 18.7. The average molecular weight is 335 g/mol. The number of sulfonamides is 1. The van der Waals surface area contributed by atoms with Gasteiger partial charge in [-0.2, -0.15) is 0 Å². The number of hydrogen-bond donors (Lipinski definition) is 4. The number of phenols is 1. The number of phenolic OH excluding ortho intramolecular Hbond substituents is 1. The highest BCUT2D eigenvalue weighted by atomic mass is 32.2. The van der Waals surface area contributed by atoms with Gasteiger partial charge in [0.25, 0.3) is 0 Å². The molecule has 0 aromatic heterocycles. The molecule has 0 aliphatic heterocycles. The molecule has 9 heteroatoms. The number of carbonyl (C=O) groups is 2. The molecule has 0 fully saturated rings. The van der Waals surface area contributed by atoms with Crippen LogP contribution in [0.4, 0.5) is 11.4 Å². The fraction of sp³-hybridized carbons (Fsp3) is 0. The van der Waals surface area contributed by atoms with Crippen molar-refractivity contribution in [1.82, 2.24) is 0 Å². The van der Waals surface area contributed by atoms with Crippen LogP contribution in [0.5, 0.6) is 5.75 Å². The number of amides is 2. The Kier molecular flexibility index (Phi) is 4.63. The van der Waals surface area contributed by atoms with E-state index in [0.29, 0.717) is 5.69 Å². The lowest BCUT2D eigenvalue weighted by atomic mass is 10.3. The number of benzene rings is 2. The number of nitrogens with one attached hydrogen (secondary N) is 2. The van der Waals surface area contributed by atoms with Crippen molar-refractivity contribution in [3.8, 4) is 5.75 Å². The van der Waals surface area contributed by atoms with Gasteiger partial charge < -0.3 is 15.7 Å². The van der Waals surface area contributed by atoms with Gasteiger partial charge >= 0.3 is 11.8 Å². The third-order valence-corrected chi connectivity index (χ3v) is 3.70. The number of anilines is 2. The van der Waals surface area contributed by atoms with Gasteiger partial charge in [0.1, 0.15) is 5.75 Å². The van der Waals surface area contributed by atoms with Crippen LogP contribution < -0.4 is 15.8 Å². The molecular weight excluding hydrogens is 322 g/mol. The molecule has 0 saturated carbocycles. The minimum absolute atomic E-state index is 0.0300. The molecule has 0 spiro atoms. The minimum atomic E-state index is -3.82. The zero-order chi connectivity index (χ0) is 17.0. The molecule has 8 nitrogen and oxygen atoms in total. The lowest BCUT2D eigenvalue weighted by Gasteiger charge is -2.07. The summed E-state index contributed by atoms with van der Waals surface area (Å²) in [6.45, 7) is 0. The molecule has 2 amide bonds. The molecule has 0 aliphatic rings. The predicted octanol–water partition coefficient (Wildman–Crippen LogP) is 0.617. The third kappa shape index (κ3) is 4.53. The van der Waals surface area contributed by atoms with Gasteiger partial charge in [-0.15, -0.1) is 0 Å². The highest BCUT2D eigenvalue weighted by Gasteiger charge is 2.14. The Morgan fingerprint density at radius 3 is 1.61 bits per heavy atom. The summed E-state index contributed by atoms with van der Waals surface area (Å²) in [5.74, 6) is -1.81. The second kappa shape index (κ2) is 6.46. The summed E-state index contributed by atoms with van der Waals surface area (Å²) in [7, 11) is -3.82. The second-order valence-corrected chi connectivity index (χ2v) is 6.09. The van der Waals surface area contributed by atoms with E-state index in [1.165, 1.54) is 48.5 Å². The van der Waals surface area contributed by atoms with Crippen molar-refractivity contribution in [2.24, 2.45) is 5.14 Å². The zero-order valence-electron chi connectivity index (χ0n) is 11.7. The highest BCUT2D eigenvalue weighted by molar-refractivity contribution is 7.89. The van der Waals surface area contributed by atoms with E-state index in [4.69, 9.17) is 10.2 Å². The summed E-state index contributed by atoms with van der Waals surface area (Å²) in [6.07, 6.45) is 0. The van der Waals surface area contributed by atoms with E-state index >= 15 is 0 Å². The van der Waals surface area contributed by atoms with Gasteiger partial charge in [0.15, 0.2) is 0 Å². The van der Waals surface area contributed by atoms with Crippen molar-refractivity contribution in [2.75, 3.05) is 10.6 Å². The molecule has 0 heterocycles. The fourth-order valence-corrected chi connectivity index (χ4v) is 2.16. The average Bonchev–Trinajstić information content (AvgIpc) is 2.49. The molecule has 2 aromatic carbocycles. The Morgan fingerprint density at radius 1 is 0.826 bits per heavy atom. The lowest BCUT2D eigenvalue weighted by molar-refractivity contribution is -0.132. The molecule has 120 valence electrons. The van der Waals surface area contributed by atoms with Crippen LogP contribution in [0.25, 0.3) is 0 Å². The Bertz CT molecular complexity index is 830. The third-order valence-electron chi connectivity index (χ3n) is 2.77. The van der Waals surface area contributed by atoms with E-state index < -0.39 is 21.8 Å². The fourth-order valence-electron chi connectivity index (χ4n) is 1.65. The van der Waals surface area contributed by atoms with Crippen molar-refractivity contribution in [3.63, 3.8) is 0 Å². The van der Waals surface area contributed by atoms with E-state index in [0.717, 1.165) is 0 Å². The largest absolute Gasteiger partial charge is 0.508 e. The molecule has 0 unspecified atom stereocenters. The normalized spacial score (nSPS) is 10.8. The van der Waals surface area contributed by atoms with Gasteiger partial charge in [0, 0.05) is 11.4 Å². The van der Waals surface area contributed by atoms with Crippen LogP contribution in [0.2, 0.25) is 0 Å². The van der Waals surface area contributed by atoms with Gasteiger partial charge in [-0.05, 0) is 48.5 Å². The van der Waals surface area contributed by atoms with Crippen LogP contribution in [0.15, 0.2) is 53.4 Å². The maximum absolute atomic E-state index is 11.8. The van der Waals surface area contributed by atoms with E-state index in [1.54, 1.807) is 0 Å². The van der Waals surface area contributed by atoms with Crippen LogP contribution in [0.3, 0.4) is 0 Å². The van der Waals surface area contributed by atoms with Crippen LogP contribution in [0.1, 0.15) is 0 Å². The van der Waals surface area contributed by atoms with Gasteiger partial charge in [0.05, 0.1) is 4.90 Å². The first kappa shape index (κ1) is 16.5. The zero-order valence-corrected chi connectivity index (χ0v) is 12.5. The van der Waals surface area contributed by atoms with E-state index in [2.05, 4.69) is 10.6 Å². The smallest absolute Gasteiger partial charge is 0.314 e.